The van der Waals surface area contributed by atoms with Crippen LogP contribution in [0, 0.1) is 46.3 Å². The van der Waals surface area contributed by atoms with Crippen LogP contribution in [0.2, 0.25) is 0 Å². The molecule has 2 nitrogen and oxygen atoms in total. The Balaban J connectivity index is 1.44. The third kappa shape index (κ3) is 3.61. The molecule has 4 aliphatic carbocycles. The van der Waals surface area contributed by atoms with Crippen LogP contribution in [0.15, 0.2) is 11.6 Å². The van der Waals surface area contributed by atoms with E-state index in [-0.39, 0.29) is 11.8 Å². The summed E-state index contributed by atoms with van der Waals surface area (Å²) < 4.78 is 0. The molecule has 0 radical (unpaired) electrons. The van der Waals surface area contributed by atoms with Crippen LogP contribution in [0.1, 0.15) is 105 Å². The molecular formula is C27H45NO. The summed E-state index contributed by atoms with van der Waals surface area (Å²) in [6, 6.07) is 0. The number of rotatable bonds is 6. The van der Waals surface area contributed by atoms with Gasteiger partial charge in [-0.2, -0.15) is 0 Å². The molecule has 0 bridgehead atoms. The molecule has 0 aromatic rings. The monoisotopic (exact) mass is 399 g/mol. The molecule has 0 spiro atoms. The predicted octanol–water partition coefficient (Wildman–Crippen LogP) is 6.88. The lowest BCUT2D eigenvalue weighted by atomic mass is 9.47. The second-order valence-corrected chi connectivity index (χ2v) is 11.9. The number of hydrogen-bond acceptors (Lipinski definition) is 1. The Morgan fingerprint density at radius 2 is 1.90 bits per heavy atom. The molecule has 0 aliphatic heterocycles. The summed E-state index contributed by atoms with van der Waals surface area (Å²) >= 11 is 0. The first kappa shape index (κ1) is 21.4. The number of primary amides is 1. The molecule has 1 unspecified atom stereocenters. The van der Waals surface area contributed by atoms with E-state index in [0.717, 1.165) is 42.4 Å². The third-order valence-corrected chi connectivity index (χ3v) is 10.6. The van der Waals surface area contributed by atoms with Crippen molar-refractivity contribution < 1.29 is 4.79 Å². The lowest BCUT2D eigenvalue weighted by Crippen LogP contribution is -2.50. The minimum absolute atomic E-state index is 0.0315. The van der Waals surface area contributed by atoms with E-state index in [1.165, 1.54) is 64.2 Å². The van der Waals surface area contributed by atoms with Gasteiger partial charge in [0, 0.05) is 5.92 Å². The Morgan fingerprint density at radius 3 is 2.66 bits per heavy atom. The molecule has 4 aliphatic rings. The number of carbonyl (C=O) groups is 1. The van der Waals surface area contributed by atoms with Crippen molar-refractivity contribution in [3.05, 3.63) is 11.6 Å². The van der Waals surface area contributed by atoms with E-state index in [4.69, 9.17) is 5.73 Å². The first-order chi connectivity index (χ1) is 13.8. The lowest BCUT2D eigenvalue weighted by molar-refractivity contribution is -0.121. The van der Waals surface area contributed by atoms with Crippen LogP contribution in [-0.4, -0.2) is 5.91 Å². The zero-order chi connectivity index (χ0) is 20.8. The highest BCUT2D eigenvalue weighted by Gasteiger charge is 2.58. The van der Waals surface area contributed by atoms with Crippen molar-refractivity contribution in [2.45, 2.75) is 105 Å². The van der Waals surface area contributed by atoms with Crippen molar-refractivity contribution >= 4 is 5.91 Å². The third-order valence-electron chi connectivity index (χ3n) is 10.6. The molecule has 3 fully saturated rings. The molecule has 164 valence electrons. The molecular weight excluding hydrogens is 354 g/mol. The van der Waals surface area contributed by atoms with E-state index < -0.39 is 0 Å². The largest absolute Gasteiger partial charge is 0.369 e. The topological polar surface area (TPSA) is 43.1 Å². The van der Waals surface area contributed by atoms with Crippen molar-refractivity contribution in [1.82, 2.24) is 0 Å². The van der Waals surface area contributed by atoms with Crippen molar-refractivity contribution in [1.29, 1.82) is 0 Å². The Morgan fingerprint density at radius 1 is 1.10 bits per heavy atom. The predicted molar refractivity (Wildman–Crippen MR) is 121 cm³/mol. The van der Waals surface area contributed by atoms with Gasteiger partial charge in [-0.1, -0.05) is 58.6 Å². The smallest absolute Gasteiger partial charge is 0.220 e. The molecule has 2 heteroatoms. The van der Waals surface area contributed by atoms with E-state index in [9.17, 15) is 4.79 Å². The van der Waals surface area contributed by atoms with Crippen LogP contribution in [-0.2, 0) is 4.79 Å². The minimum Gasteiger partial charge on any atom is -0.369 e. The van der Waals surface area contributed by atoms with Gasteiger partial charge >= 0.3 is 0 Å². The molecule has 0 saturated heterocycles. The van der Waals surface area contributed by atoms with Crippen LogP contribution in [0.3, 0.4) is 0 Å². The fourth-order valence-corrected chi connectivity index (χ4v) is 8.76. The molecule has 0 aromatic carbocycles. The number of carbonyl (C=O) groups excluding carboxylic acids is 1. The van der Waals surface area contributed by atoms with E-state index in [1.807, 2.05) is 12.5 Å². The minimum atomic E-state index is -0.134. The number of hydrogen-bond donors (Lipinski definition) is 1. The molecule has 4 rings (SSSR count). The van der Waals surface area contributed by atoms with Gasteiger partial charge in [-0.05, 0) is 98.2 Å². The SMILES string of the molecule is CC(CCC[C@@H](C)[C@H]1CC[C@H]2[C@@H]3CC=C4CCCC[C@]4(C)[C@H]3CC[C@]12C)C(N)=O. The standard InChI is InChI=1S/C27H45NO/c1-18(8-7-9-19(2)25(28)29)22-13-14-23-21-12-11-20-10-5-6-16-26(20,3)24(21)15-17-27(22,23)4/h11,18-19,21-24H,5-10,12-17H2,1-4H3,(H2,28,29)/t18-,19?,21+,22-,23+,24+,26+,27-/m1/s1. The maximum atomic E-state index is 11.3. The first-order valence-corrected chi connectivity index (χ1v) is 12.8. The highest BCUT2D eigenvalue weighted by atomic mass is 16.1. The second kappa shape index (κ2) is 8.04. The summed E-state index contributed by atoms with van der Waals surface area (Å²) in [4.78, 5) is 11.3. The van der Waals surface area contributed by atoms with Crippen molar-refractivity contribution in [3.63, 3.8) is 0 Å². The van der Waals surface area contributed by atoms with E-state index in [1.54, 1.807) is 0 Å². The van der Waals surface area contributed by atoms with Gasteiger partial charge in [-0.3, -0.25) is 4.79 Å². The summed E-state index contributed by atoms with van der Waals surface area (Å²) in [5.74, 6) is 4.38. The van der Waals surface area contributed by atoms with E-state index >= 15 is 0 Å². The second-order valence-electron chi connectivity index (χ2n) is 11.9. The van der Waals surface area contributed by atoms with Gasteiger partial charge in [-0.25, -0.2) is 0 Å². The van der Waals surface area contributed by atoms with Gasteiger partial charge in [0.15, 0.2) is 0 Å². The summed E-state index contributed by atoms with van der Waals surface area (Å²) in [7, 11) is 0. The van der Waals surface area contributed by atoms with Crippen molar-refractivity contribution in [2.24, 2.45) is 52.1 Å². The van der Waals surface area contributed by atoms with Crippen LogP contribution < -0.4 is 5.73 Å². The maximum absolute atomic E-state index is 11.3. The fraction of sp³-hybridized carbons (Fsp3) is 0.889. The van der Waals surface area contributed by atoms with Gasteiger partial charge in [0.25, 0.3) is 0 Å². The summed E-state index contributed by atoms with van der Waals surface area (Å²) in [5.41, 5.74) is 8.37. The Hall–Kier alpha value is -0.790. The summed E-state index contributed by atoms with van der Waals surface area (Å²) in [6.45, 7) is 9.78. The van der Waals surface area contributed by atoms with Crippen LogP contribution in [0.5, 0.6) is 0 Å². The quantitative estimate of drug-likeness (QED) is 0.486. The zero-order valence-electron chi connectivity index (χ0n) is 19.5. The average Bonchev–Trinajstić information content (AvgIpc) is 3.04. The fourth-order valence-electron chi connectivity index (χ4n) is 8.76. The van der Waals surface area contributed by atoms with Gasteiger partial charge < -0.3 is 5.73 Å². The molecule has 29 heavy (non-hydrogen) atoms. The Kier molecular flexibility index (Phi) is 5.95. The Labute approximate surface area is 179 Å². The van der Waals surface area contributed by atoms with E-state index in [0.29, 0.717) is 10.8 Å². The van der Waals surface area contributed by atoms with Crippen LogP contribution >= 0.6 is 0 Å². The lowest BCUT2D eigenvalue weighted by Gasteiger charge is -2.58. The molecule has 1 amide bonds. The number of fused-ring (bicyclic) bond motifs is 5. The highest BCUT2D eigenvalue weighted by molar-refractivity contribution is 5.76. The van der Waals surface area contributed by atoms with Gasteiger partial charge in [-0.15, -0.1) is 0 Å². The van der Waals surface area contributed by atoms with Gasteiger partial charge in [0.2, 0.25) is 5.91 Å². The summed E-state index contributed by atoms with van der Waals surface area (Å²) in [5, 5.41) is 0. The Bertz CT molecular complexity index is 653. The van der Waals surface area contributed by atoms with E-state index in [2.05, 4.69) is 26.8 Å². The normalized spacial score (nSPS) is 43.5. The molecule has 0 heterocycles. The number of amides is 1. The van der Waals surface area contributed by atoms with Gasteiger partial charge in [0.1, 0.15) is 0 Å². The summed E-state index contributed by atoms with van der Waals surface area (Å²) in [6.07, 6.45) is 19.0. The highest BCUT2D eigenvalue weighted by Crippen LogP contribution is 2.67. The number of nitrogens with two attached hydrogens (primary N) is 1. The van der Waals surface area contributed by atoms with Crippen LogP contribution in [0.25, 0.3) is 0 Å². The maximum Gasteiger partial charge on any atom is 0.220 e. The molecule has 2 N–H and O–H groups in total. The molecule has 8 atom stereocenters. The zero-order valence-corrected chi connectivity index (χ0v) is 19.5. The number of allylic oxidation sites excluding steroid dienone is 2. The van der Waals surface area contributed by atoms with Crippen molar-refractivity contribution in [2.75, 3.05) is 0 Å². The molecule has 0 aromatic heterocycles. The average molecular weight is 400 g/mol. The van der Waals surface area contributed by atoms with Crippen molar-refractivity contribution in [3.8, 4) is 0 Å². The molecule has 3 saturated carbocycles. The first-order valence-electron chi connectivity index (χ1n) is 12.8. The van der Waals surface area contributed by atoms with Crippen LogP contribution in [0.4, 0.5) is 0 Å². The van der Waals surface area contributed by atoms with Gasteiger partial charge in [0.05, 0.1) is 0 Å².